The highest BCUT2D eigenvalue weighted by molar-refractivity contribution is 4.77. The second-order valence-electron chi connectivity index (χ2n) is 4.99. The summed E-state index contributed by atoms with van der Waals surface area (Å²) < 4.78 is 37.3. The van der Waals surface area contributed by atoms with E-state index in [0.717, 1.165) is 25.8 Å². The van der Waals surface area contributed by atoms with Gasteiger partial charge in [-0.3, -0.25) is 0 Å². The zero-order valence-corrected chi connectivity index (χ0v) is 10.5. The zero-order chi connectivity index (χ0) is 12.9. The van der Waals surface area contributed by atoms with Gasteiger partial charge in [0.2, 0.25) is 0 Å². The number of piperidine rings is 1. The summed E-state index contributed by atoms with van der Waals surface area (Å²) in [5.74, 6) is -1.09. The molecule has 1 rings (SSSR count). The van der Waals surface area contributed by atoms with Crippen LogP contribution in [0.15, 0.2) is 0 Å². The van der Waals surface area contributed by atoms with Crippen LogP contribution in [0.3, 0.4) is 0 Å². The van der Waals surface area contributed by atoms with E-state index in [1.807, 2.05) is 0 Å². The molecule has 1 saturated heterocycles. The van der Waals surface area contributed by atoms with Crippen molar-refractivity contribution in [1.82, 2.24) is 4.90 Å². The summed E-state index contributed by atoms with van der Waals surface area (Å²) in [5.41, 5.74) is 5.89. The Morgan fingerprint density at radius 1 is 1.24 bits per heavy atom. The normalized spacial score (nSPS) is 21.7. The lowest BCUT2D eigenvalue weighted by Gasteiger charge is -2.33. The molecule has 2 N–H and O–H groups in total. The molecule has 1 heterocycles. The number of hydrogen-bond donors (Lipinski definition) is 1. The summed E-state index contributed by atoms with van der Waals surface area (Å²) in [6, 6.07) is 0.195. The number of nitrogens with zero attached hydrogens (tertiary/aromatic N) is 1. The summed E-state index contributed by atoms with van der Waals surface area (Å²) in [4.78, 5) is 2.11. The van der Waals surface area contributed by atoms with Gasteiger partial charge in [-0.1, -0.05) is 13.3 Å². The van der Waals surface area contributed by atoms with Crippen molar-refractivity contribution < 1.29 is 13.2 Å². The van der Waals surface area contributed by atoms with E-state index < -0.39 is 12.1 Å². The van der Waals surface area contributed by atoms with Crippen LogP contribution in [0.25, 0.3) is 0 Å². The summed E-state index contributed by atoms with van der Waals surface area (Å²) >= 11 is 0. The van der Waals surface area contributed by atoms with Gasteiger partial charge in [-0.15, -0.1) is 0 Å². The van der Waals surface area contributed by atoms with Crippen LogP contribution in [0.1, 0.15) is 39.0 Å². The van der Waals surface area contributed by atoms with Crippen molar-refractivity contribution in [3.8, 4) is 0 Å². The van der Waals surface area contributed by atoms with Crippen molar-refractivity contribution in [2.75, 3.05) is 19.6 Å². The van der Waals surface area contributed by atoms with Gasteiger partial charge >= 0.3 is 6.18 Å². The third-order valence-corrected chi connectivity index (χ3v) is 3.53. The number of likely N-dealkylation sites (tertiary alicyclic amines) is 1. The summed E-state index contributed by atoms with van der Waals surface area (Å²) in [5, 5.41) is 0. The molecule has 0 aromatic carbocycles. The maximum atomic E-state index is 12.4. The number of halogens is 3. The van der Waals surface area contributed by atoms with E-state index >= 15 is 0 Å². The van der Waals surface area contributed by atoms with E-state index in [-0.39, 0.29) is 18.9 Å². The minimum Gasteiger partial charge on any atom is -0.328 e. The van der Waals surface area contributed by atoms with Gasteiger partial charge in [0.25, 0.3) is 0 Å². The second-order valence-corrected chi connectivity index (χ2v) is 4.99. The van der Waals surface area contributed by atoms with Gasteiger partial charge in [-0.25, -0.2) is 0 Å². The van der Waals surface area contributed by atoms with Gasteiger partial charge in [0, 0.05) is 6.04 Å². The molecule has 5 heteroatoms. The molecule has 0 aliphatic carbocycles. The maximum Gasteiger partial charge on any atom is 0.391 e. The van der Waals surface area contributed by atoms with Gasteiger partial charge < -0.3 is 10.6 Å². The van der Waals surface area contributed by atoms with Crippen LogP contribution >= 0.6 is 0 Å². The molecule has 1 aliphatic rings. The molecule has 0 radical (unpaired) electrons. The van der Waals surface area contributed by atoms with Crippen LogP contribution in [-0.2, 0) is 0 Å². The Labute approximate surface area is 101 Å². The van der Waals surface area contributed by atoms with Gasteiger partial charge in [-0.05, 0) is 45.3 Å². The monoisotopic (exact) mass is 252 g/mol. The van der Waals surface area contributed by atoms with E-state index in [2.05, 4.69) is 11.8 Å². The highest BCUT2D eigenvalue weighted by Gasteiger charge is 2.40. The Balaban J connectivity index is 2.19. The average Bonchev–Trinajstić information content (AvgIpc) is 2.26. The minimum atomic E-state index is -4.01. The summed E-state index contributed by atoms with van der Waals surface area (Å²) in [6.07, 6.45) is -0.565. The SMILES string of the molecule is CCCC(N)CCN1CCC(C(F)(F)F)CC1. The Hall–Kier alpha value is -0.290. The quantitative estimate of drug-likeness (QED) is 0.815. The van der Waals surface area contributed by atoms with Crippen LogP contribution in [0.5, 0.6) is 0 Å². The van der Waals surface area contributed by atoms with Gasteiger partial charge in [-0.2, -0.15) is 13.2 Å². The fourth-order valence-electron chi connectivity index (χ4n) is 2.35. The predicted octanol–water partition coefficient (Wildman–Crippen LogP) is 2.78. The van der Waals surface area contributed by atoms with Crippen molar-refractivity contribution in [1.29, 1.82) is 0 Å². The standard InChI is InChI=1S/C12H23F3N2/c1-2-3-11(16)6-9-17-7-4-10(5-8-17)12(13,14)15/h10-11H,2-9,16H2,1H3. The van der Waals surface area contributed by atoms with Crippen molar-refractivity contribution in [3.05, 3.63) is 0 Å². The molecule has 1 fully saturated rings. The van der Waals surface area contributed by atoms with Crippen molar-refractivity contribution in [2.45, 2.75) is 51.2 Å². The van der Waals surface area contributed by atoms with E-state index in [0.29, 0.717) is 13.1 Å². The predicted molar refractivity (Wildman–Crippen MR) is 62.7 cm³/mol. The lowest BCUT2D eigenvalue weighted by atomic mass is 9.96. The maximum absolute atomic E-state index is 12.4. The fourth-order valence-corrected chi connectivity index (χ4v) is 2.35. The lowest BCUT2D eigenvalue weighted by Crippen LogP contribution is -2.40. The second kappa shape index (κ2) is 6.59. The van der Waals surface area contributed by atoms with E-state index in [9.17, 15) is 13.2 Å². The third kappa shape index (κ3) is 5.25. The number of hydrogen-bond acceptors (Lipinski definition) is 2. The minimum absolute atomic E-state index is 0.195. The van der Waals surface area contributed by atoms with Gasteiger partial charge in [0.15, 0.2) is 0 Å². The molecular weight excluding hydrogens is 229 g/mol. The first kappa shape index (κ1) is 14.8. The molecule has 102 valence electrons. The van der Waals surface area contributed by atoms with Crippen LogP contribution in [0.4, 0.5) is 13.2 Å². The first-order valence-electron chi connectivity index (χ1n) is 6.48. The molecule has 0 saturated carbocycles. The molecular formula is C12H23F3N2. The van der Waals surface area contributed by atoms with E-state index in [1.165, 1.54) is 0 Å². The molecule has 0 amide bonds. The summed E-state index contributed by atoms with van der Waals surface area (Å²) in [7, 11) is 0. The largest absolute Gasteiger partial charge is 0.391 e. The Kier molecular flexibility index (Phi) is 5.73. The molecule has 1 aliphatic heterocycles. The van der Waals surface area contributed by atoms with E-state index in [4.69, 9.17) is 5.73 Å². The van der Waals surface area contributed by atoms with Crippen molar-refractivity contribution >= 4 is 0 Å². The average molecular weight is 252 g/mol. The third-order valence-electron chi connectivity index (χ3n) is 3.53. The highest BCUT2D eigenvalue weighted by atomic mass is 19.4. The first-order valence-corrected chi connectivity index (χ1v) is 6.48. The Bertz CT molecular complexity index is 210. The van der Waals surface area contributed by atoms with Crippen molar-refractivity contribution in [3.63, 3.8) is 0 Å². The molecule has 1 unspecified atom stereocenters. The topological polar surface area (TPSA) is 29.3 Å². The molecule has 0 spiro atoms. The van der Waals surface area contributed by atoms with E-state index in [1.54, 1.807) is 0 Å². The molecule has 17 heavy (non-hydrogen) atoms. The van der Waals surface area contributed by atoms with Crippen molar-refractivity contribution in [2.24, 2.45) is 11.7 Å². The molecule has 2 nitrogen and oxygen atoms in total. The Morgan fingerprint density at radius 3 is 2.29 bits per heavy atom. The lowest BCUT2D eigenvalue weighted by molar-refractivity contribution is -0.185. The number of nitrogens with two attached hydrogens (primary N) is 1. The number of alkyl halides is 3. The molecule has 0 aromatic rings. The van der Waals surface area contributed by atoms with Crippen LogP contribution < -0.4 is 5.73 Å². The van der Waals surface area contributed by atoms with Gasteiger partial charge in [0.1, 0.15) is 0 Å². The zero-order valence-electron chi connectivity index (χ0n) is 10.5. The van der Waals surface area contributed by atoms with Gasteiger partial charge in [0.05, 0.1) is 5.92 Å². The number of rotatable bonds is 5. The smallest absolute Gasteiger partial charge is 0.328 e. The van der Waals surface area contributed by atoms with Crippen LogP contribution in [-0.4, -0.2) is 36.8 Å². The van der Waals surface area contributed by atoms with Crippen LogP contribution in [0, 0.1) is 5.92 Å². The first-order chi connectivity index (χ1) is 7.93. The molecule has 0 bridgehead atoms. The highest BCUT2D eigenvalue weighted by Crippen LogP contribution is 2.34. The summed E-state index contributed by atoms with van der Waals surface area (Å²) in [6.45, 7) is 4.05. The molecule has 0 aromatic heterocycles. The molecule has 1 atom stereocenters. The van der Waals surface area contributed by atoms with Crippen LogP contribution in [0.2, 0.25) is 0 Å². The fraction of sp³-hybridized carbons (Fsp3) is 1.00. The Morgan fingerprint density at radius 2 is 1.82 bits per heavy atom.